The van der Waals surface area contributed by atoms with Gasteiger partial charge >= 0.3 is 0 Å². The van der Waals surface area contributed by atoms with Crippen LogP contribution in [0.2, 0.25) is 0 Å². The van der Waals surface area contributed by atoms with Crippen LogP contribution in [0, 0.1) is 11.3 Å². The quantitative estimate of drug-likeness (QED) is 0.241. The summed E-state index contributed by atoms with van der Waals surface area (Å²) in [5, 5.41) is 4.43. The SMILES string of the molecule is CCC(=O)CCCCC[C@H](NC(=O)[C@@H]1CCC12CCN(CC)CC2)c1ncc(-c2cc3ccccc3nc2OC)[nH]1. The van der Waals surface area contributed by atoms with Crippen LogP contribution in [0.15, 0.2) is 36.5 Å². The predicted molar refractivity (Wildman–Crippen MR) is 162 cm³/mol. The minimum absolute atomic E-state index is 0.0744. The molecule has 1 aromatic carbocycles. The third-order valence-electron chi connectivity index (χ3n) is 9.54. The number of methoxy groups -OCH3 is 1. The van der Waals surface area contributed by atoms with E-state index in [9.17, 15) is 9.59 Å². The first-order valence-corrected chi connectivity index (χ1v) is 15.5. The highest BCUT2D eigenvalue weighted by molar-refractivity contribution is 5.85. The van der Waals surface area contributed by atoms with E-state index in [4.69, 9.17) is 14.7 Å². The smallest absolute Gasteiger partial charge is 0.224 e. The summed E-state index contributed by atoms with van der Waals surface area (Å²) in [6.45, 7) is 7.39. The summed E-state index contributed by atoms with van der Waals surface area (Å²) in [6, 6.07) is 9.82. The zero-order chi connectivity index (χ0) is 28.8. The summed E-state index contributed by atoms with van der Waals surface area (Å²) in [4.78, 5) is 40.9. The second-order valence-electron chi connectivity index (χ2n) is 11.9. The van der Waals surface area contributed by atoms with E-state index in [2.05, 4.69) is 28.2 Å². The number of aromatic nitrogens is 3. The Labute approximate surface area is 243 Å². The second-order valence-corrected chi connectivity index (χ2v) is 11.9. The Hall–Kier alpha value is -3.26. The third kappa shape index (κ3) is 6.48. The molecule has 1 aliphatic carbocycles. The number of ether oxygens (including phenoxy) is 1. The van der Waals surface area contributed by atoms with E-state index < -0.39 is 0 Å². The number of H-pyrrole nitrogens is 1. The number of fused-ring (bicyclic) bond motifs is 1. The highest BCUT2D eigenvalue weighted by Gasteiger charge is 2.51. The largest absolute Gasteiger partial charge is 0.480 e. The number of carbonyl (C=O) groups excluding carboxylic acids is 2. The highest BCUT2D eigenvalue weighted by atomic mass is 16.5. The van der Waals surface area contributed by atoms with Crippen molar-refractivity contribution in [3.05, 3.63) is 42.4 Å². The lowest BCUT2D eigenvalue weighted by molar-refractivity contribution is -0.141. The van der Waals surface area contributed by atoms with Gasteiger partial charge < -0.3 is 19.9 Å². The fourth-order valence-electron chi connectivity index (χ4n) is 6.69. The summed E-state index contributed by atoms with van der Waals surface area (Å²) in [5.74, 6) is 1.84. The number of Topliss-reactive ketones (excluding diaryl/α,β-unsaturated/α-hetero) is 1. The standard InChI is InChI=1S/C33H45N5O3/c1-4-24(39)12-7-6-8-14-28(36-31(40)26-15-16-33(26)17-19-38(5-2)20-18-33)30-34-22-29(35-30)25-21-23-11-9-10-13-27(23)37-32(25)41-3/h9-11,13,21-22,26,28H,4-8,12,14-20H2,1-3H3,(H,34,35)(H,36,40)/t26-,28-/m0/s1. The van der Waals surface area contributed by atoms with Crippen molar-refractivity contribution >= 4 is 22.6 Å². The van der Waals surface area contributed by atoms with Crippen molar-refractivity contribution in [3.63, 3.8) is 0 Å². The van der Waals surface area contributed by atoms with Crippen LogP contribution in [0.4, 0.5) is 0 Å². The molecule has 1 saturated heterocycles. The van der Waals surface area contributed by atoms with E-state index in [-0.39, 0.29) is 23.3 Å². The van der Waals surface area contributed by atoms with E-state index in [1.165, 1.54) is 0 Å². The number of piperidine rings is 1. The van der Waals surface area contributed by atoms with Crippen molar-refractivity contribution in [1.29, 1.82) is 0 Å². The fourth-order valence-corrected chi connectivity index (χ4v) is 6.69. The van der Waals surface area contributed by atoms with Crippen LogP contribution in [0.25, 0.3) is 22.2 Å². The topological polar surface area (TPSA) is 100 Å². The number of ketones is 1. The summed E-state index contributed by atoms with van der Waals surface area (Å²) >= 11 is 0. The number of likely N-dealkylation sites (tertiary alicyclic amines) is 1. The Morgan fingerprint density at radius 1 is 1.15 bits per heavy atom. The van der Waals surface area contributed by atoms with Gasteiger partial charge in [0.05, 0.1) is 36.1 Å². The van der Waals surface area contributed by atoms with Gasteiger partial charge in [-0.1, -0.05) is 44.9 Å². The number of rotatable bonds is 13. The Morgan fingerprint density at radius 3 is 2.66 bits per heavy atom. The number of nitrogens with one attached hydrogen (secondary N) is 2. The minimum atomic E-state index is -0.217. The van der Waals surface area contributed by atoms with Crippen LogP contribution in [-0.2, 0) is 9.59 Å². The molecule has 5 rings (SSSR count). The molecule has 41 heavy (non-hydrogen) atoms. The molecule has 2 atom stereocenters. The number of hydrogen-bond donors (Lipinski definition) is 2. The monoisotopic (exact) mass is 559 g/mol. The molecule has 1 amide bonds. The van der Waals surface area contributed by atoms with Crippen LogP contribution in [0.1, 0.15) is 89.9 Å². The van der Waals surface area contributed by atoms with E-state index >= 15 is 0 Å². The summed E-state index contributed by atoms with van der Waals surface area (Å²) in [7, 11) is 1.63. The number of para-hydroxylation sites is 1. The number of nitrogens with zero attached hydrogens (tertiary/aromatic N) is 3. The van der Waals surface area contributed by atoms with Crippen LogP contribution in [-0.4, -0.2) is 58.3 Å². The molecule has 1 saturated carbocycles. The summed E-state index contributed by atoms with van der Waals surface area (Å²) in [6.07, 6.45) is 10.9. The maximum Gasteiger partial charge on any atom is 0.224 e. The van der Waals surface area contributed by atoms with Gasteiger partial charge in [0.1, 0.15) is 11.6 Å². The number of amides is 1. The van der Waals surface area contributed by atoms with Gasteiger partial charge in [0.15, 0.2) is 0 Å². The van der Waals surface area contributed by atoms with Gasteiger partial charge in [-0.15, -0.1) is 0 Å². The lowest BCUT2D eigenvalue weighted by Crippen LogP contribution is -2.54. The first-order valence-electron chi connectivity index (χ1n) is 15.5. The van der Waals surface area contributed by atoms with Crippen molar-refractivity contribution in [2.75, 3.05) is 26.7 Å². The lowest BCUT2D eigenvalue weighted by Gasteiger charge is -2.53. The number of unbranched alkanes of at least 4 members (excludes halogenated alkanes) is 2. The number of hydrogen-bond acceptors (Lipinski definition) is 6. The third-order valence-corrected chi connectivity index (χ3v) is 9.54. The molecule has 1 aliphatic heterocycles. The van der Waals surface area contributed by atoms with Crippen LogP contribution >= 0.6 is 0 Å². The fraction of sp³-hybridized carbons (Fsp3) is 0.576. The normalized spacial score (nSPS) is 19.1. The van der Waals surface area contributed by atoms with Gasteiger partial charge in [0.25, 0.3) is 0 Å². The first-order chi connectivity index (χ1) is 20.0. The summed E-state index contributed by atoms with van der Waals surface area (Å²) in [5.41, 5.74) is 2.68. The molecule has 0 unspecified atom stereocenters. The molecule has 1 spiro atoms. The van der Waals surface area contributed by atoms with E-state index in [1.54, 1.807) is 7.11 Å². The van der Waals surface area contributed by atoms with Crippen molar-refractivity contribution in [1.82, 2.24) is 25.2 Å². The predicted octanol–water partition coefficient (Wildman–Crippen LogP) is 6.23. The molecular formula is C33H45N5O3. The average molecular weight is 560 g/mol. The average Bonchev–Trinajstić information content (AvgIpc) is 3.49. The van der Waals surface area contributed by atoms with Crippen molar-refractivity contribution in [2.24, 2.45) is 11.3 Å². The number of aromatic amines is 1. The minimum Gasteiger partial charge on any atom is -0.480 e. The Balaban J connectivity index is 1.33. The first kappa shape index (κ1) is 29.2. The van der Waals surface area contributed by atoms with Crippen LogP contribution in [0.3, 0.4) is 0 Å². The lowest BCUT2D eigenvalue weighted by atomic mass is 9.55. The van der Waals surface area contributed by atoms with Gasteiger partial charge in [-0.2, -0.15) is 0 Å². The van der Waals surface area contributed by atoms with E-state index in [0.29, 0.717) is 24.5 Å². The molecule has 220 valence electrons. The van der Waals surface area contributed by atoms with Gasteiger partial charge in [-0.25, -0.2) is 9.97 Å². The maximum atomic E-state index is 13.7. The highest BCUT2D eigenvalue weighted by Crippen LogP contribution is 2.54. The molecule has 2 aliphatic rings. The number of benzene rings is 1. The molecule has 8 heteroatoms. The molecule has 8 nitrogen and oxygen atoms in total. The van der Waals surface area contributed by atoms with E-state index in [0.717, 1.165) is 99.0 Å². The zero-order valence-corrected chi connectivity index (χ0v) is 24.9. The number of imidazole rings is 1. The summed E-state index contributed by atoms with van der Waals surface area (Å²) < 4.78 is 5.64. The Kier molecular flexibility index (Phi) is 9.38. The molecule has 2 fully saturated rings. The van der Waals surface area contributed by atoms with Crippen LogP contribution < -0.4 is 10.1 Å². The van der Waals surface area contributed by atoms with Gasteiger partial charge in [0.2, 0.25) is 11.8 Å². The van der Waals surface area contributed by atoms with Gasteiger partial charge in [-0.05, 0) is 75.7 Å². The molecule has 2 N–H and O–H groups in total. The molecule has 0 bridgehead atoms. The molecule has 2 aromatic heterocycles. The van der Waals surface area contributed by atoms with Crippen molar-refractivity contribution in [2.45, 2.75) is 84.1 Å². The zero-order valence-electron chi connectivity index (χ0n) is 24.9. The Bertz CT molecular complexity index is 1340. The maximum absolute atomic E-state index is 13.7. The molecule has 3 aromatic rings. The van der Waals surface area contributed by atoms with Crippen molar-refractivity contribution in [3.8, 4) is 17.1 Å². The number of carbonyl (C=O) groups is 2. The van der Waals surface area contributed by atoms with Crippen molar-refractivity contribution < 1.29 is 14.3 Å². The van der Waals surface area contributed by atoms with Gasteiger partial charge in [0, 0.05) is 24.1 Å². The molecule has 0 radical (unpaired) electrons. The second kappa shape index (κ2) is 13.1. The molecule has 3 heterocycles. The number of pyridine rings is 1. The van der Waals surface area contributed by atoms with Crippen LogP contribution in [0.5, 0.6) is 5.88 Å². The van der Waals surface area contributed by atoms with E-state index in [1.807, 2.05) is 37.4 Å². The Morgan fingerprint density at radius 2 is 1.95 bits per heavy atom. The van der Waals surface area contributed by atoms with Gasteiger partial charge in [-0.3, -0.25) is 9.59 Å². The molecular weight excluding hydrogens is 514 g/mol.